The summed E-state index contributed by atoms with van der Waals surface area (Å²) < 4.78 is 5.61. The normalized spacial score (nSPS) is 19.4. The number of aryl methyl sites for hydroxylation is 1. The largest absolute Gasteiger partial charge is 0.449 e. The van der Waals surface area contributed by atoms with E-state index >= 15 is 0 Å². The van der Waals surface area contributed by atoms with E-state index in [-0.39, 0.29) is 30.4 Å². The highest BCUT2D eigenvalue weighted by molar-refractivity contribution is 7.99. The summed E-state index contributed by atoms with van der Waals surface area (Å²) in [6.07, 6.45) is 4.35. The third kappa shape index (κ3) is 6.49. The van der Waals surface area contributed by atoms with Crippen LogP contribution in [0.4, 0.5) is 4.79 Å². The van der Waals surface area contributed by atoms with Gasteiger partial charge >= 0.3 is 6.09 Å². The highest BCUT2D eigenvalue weighted by Crippen LogP contribution is 2.44. The molecule has 1 fully saturated rings. The van der Waals surface area contributed by atoms with Gasteiger partial charge in [0, 0.05) is 18.2 Å². The fourth-order valence-corrected chi connectivity index (χ4v) is 7.88. The number of carbonyl (C=O) groups is 3. The average Bonchev–Trinajstić information content (AvgIpc) is 3.67. The maximum absolute atomic E-state index is 13.3. The van der Waals surface area contributed by atoms with Gasteiger partial charge in [0.2, 0.25) is 11.8 Å². The molecule has 0 saturated carbocycles. The Bertz CT molecular complexity index is 1470. The molecule has 3 aliphatic rings. The van der Waals surface area contributed by atoms with E-state index in [1.165, 1.54) is 33.4 Å². The number of nitrogens with one attached hydrogen (secondary N) is 2. The lowest BCUT2D eigenvalue weighted by molar-refractivity contribution is -0.139. The molecule has 0 bridgehead atoms. The lowest BCUT2D eigenvalue weighted by Gasteiger charge is -2.30. The predicted molar refractivity (Wildman–Crippen MR) is 173 cm³/mol. The summed E-state index contributed by atoms with van der Waals surface area (Å²) >= 11 is 1.58. The van der Waals surface area contributed by atoms with Crippen LogP contribution in [0.5, 0.6) is 0 Å². The minimum atomic E-state index is -0.686. The number of thioether (sulfide) groups is 1. The number of amides is 3. The van der Waals surface area contributed by atoms with Crippen LogP contribution < -0.4 is 16.4 Å². The van der Waals surface area contributed by atoms with Crippen molar-refractivity contribution >= 4 is 29.7 Å². The first-order chi connectivity index (χ1) is 21.5. The molecule has 1 aliphatic heterocycles. The van der Waals surface area contributed by atoms with Gasteiger partial charge in [0.15, 0.2) is 0 Å². The number of fused-ring (bicyclic) bond motifs is 4. The molecule has 230 valence electrons. The van der Waals surface area contributed by atoms with Gasteiger partial charge < -0.3 is 26.0 Å². The molecule has 2 aliphatic carbocycles. The molecule has 8 nitrogen and oxygen atoms in total. The van der Waals surface area contributed by atoms with Crippen LogP contribution in [-0.4, -0.2) is 59.7 Å². The molecule has 0 aromatic heterocycles. The van der Waals surface area contributed by atoms with Crippen LogP contribution in [-0.2, 0) is 20.7 Å². The van der Waals surface area contributed by atoms with Gasteiger partial charge in [-0.15, -0.1) is 11.8 Å². The zero-order chi connectivity index (χ0) is 30.5. The van der Waals surface area contributed by atoms with Crippen molar-refractivity contribution in [2.24, 2.45) is 5.73 Å². The van der Waals surface area contributed by atoms with E-state index in [9.17, 15) is 14.4 Å². The van der Waals surface area contributed by atoms with Gasteiger partial charge in [0.05, 0.1) is 18.0 Å². The number of nitrogens with zero attached hydrogens (tertiary/aromatic N) is 1. The van der Waals surface area contributed by atoms with Crippen molar-refractivity contribution in [2.75, 3.05) is 24.8 Å². The van der Waals surface area contributed by atoms with Gasteiger partial charge in [-0.05, 0) is 71.9 Å². The van der Waals surface area contributed by atoms with Crippen LogP contribution in [0.3, 0.4) is 0 Å². The van der Waals surface area contributed by atoms with Gasteiger partial charge in [-0.2, -0.15) is 0 Å². The van der Waals surface area contributed by atoms with Crippen molar-refractivity contribution in [1.29, 1.82) is 0 Å². The summed E-state index contributed by atoms with van der Waals surface area (Å²) in [6, 6.07) is 23.5. The Morgan fingerprint density at radius 2 is 1.61 bits per heavy atom. The molecule has 0 radical (unpaired) electrons. The van der Waals surface area contributed by atoms with Crippen LogP contribution >= 0.6 is 11.8 Å². The summed E-state index contributed by atoms with van der Waals surface area (Å²) in [6.45, 7) is 0.708. The number of benzene rings is 3. The highest BCUT2D eigenvalue weighted by Gasteiger charge is 2.37. The van der Waals surface area contributed by atoms with E-state index in [0.717, 1.165) is 19.3 Å². The molecule has 9 heteroatoms. The van der Waals surface area contributed by atoms with Gasteiger partial charge in [-0.1, -0.05) is 72.8 Å². The number of ether oxygens (including phenoxy) is 1. The second-order valence-electron chi connectivity index (χ2n) is 11.8. The van der Waals surface area contributed by atoms with E-state index in [0.29, 0.717) is 37.4 Å². The molecule has 44 heavy (non-hydrogen) atoms. The van der Waals surface area contributed by atoms with E-state index in [1.807, 2.05) is 36.4 Å². The second-order valence-corrected chi connectivity index (χ2v) is 12.8. The monoisotopic (exact) mass is 612 g/mol. The number of alkyl carbamates (subject to hydrolysis) is 1. The number of unbranched alkanes of at least 4 members (excludes halogenated alkanes) is 1. The van der Waals surface area contributed by atoms with Crippen molar-refractivity contribution in [3.05, 3.63) is 95.1 Å². The Morgan fingerprint density at radius 3 is 2.36 bits per heavy atom. The quantitative estimate of drug-likeness (QED) is 0.274. The third-order valence-electron chi connectivity index (χ3n) is 9.03. The highest BCUT2D eigenvalue weighted by atomic mass is 32.2. The number of hydrogen-bond acceptors (Lipinski definition) is 6. The molecule has 3 atom stereocenters. The number of carbonyl (C=O) groups excluding carboxylic acids is 3. The molecule has 3 unspecified atom stereocenters. The van der Waals surface area contributed by atoms with Crippen LogP contribution in [0, 0.1) is 0 Å². The first kappa shape index (κ1) is 30.2. The maximum atomic E-state index is 13.3. The molecular formula is C35H40N4O4S. The van der Waals surface area contributed by atoms with Crippen LogP contribution in [0.1, 0.15) is 66.3 Å². The van der Waals surface area contributed by atoms with Gasteiger partial charge in [-0.25, -0.2) is 4.79 Å². The number of nitrogens with two attached hydrogens (primary N) is 1. The standard InChI is InChI=1S/C35H40N4O4S/c36-30(34(41)39-22-44-21-32(39)33(40)38-31-18-9-11-23-10-1-2-12-24(23)31)17-7-8-19-37-35(42)43-20-29-27-15-5-3-13-25(27)26-14-4-6-16-28(26)29/h1-6,10,12-16,29-32H,7-9,11,17-22,36H2,(H,37,42)(H,38,40). The van der Waals surface area contributed by atoms with Gasteiger partial charge in [0.25, 0.3) is 0 Å². The molecule has 3 aromatic rings. The molecule has 1 saturated heterocycles. The van der Waals surface area contributed by atoms with E-state index in [4.69, 9.17) is 10.5 Å². The molecule has 6 rings (SSSR count). The first-order valence-corrected chi connectivity index (χ1v) is 16.8. The van der Waals surface area contributed by atoms with Crippen molar-refractivity contribution in [2.45, 2.75) is 62.6 Å². The van der Waals surface area contributed by atoms with Crippen LogP contribution in [0.25, 0.3) is 11.1 Å². The molecular weight excluding hydrogens is 572 g/mol. The Morgan fingerprint density at radius 1 is 0.932 bits per heavy atom. The Hall–Kier alpha value is -3.82. The van der Waals surface area contributed by atoms with Crippen molar-refractivity contribution < 1.29 is 19.1 Å². The molecule has 3 aromatic carbocycles. The van der Waals surface area contributed by atoms with Crippen molar-refractivity contribution in [1.82, 2.24) is 15.5 Å². The Labute approximate surface area is 263 Å². The Kier molecular flexibility index (Phi) is 9.52. The lowest BCUT2D eigenvalue weighted by atomic mass is 9.87. The Balaban J connectivity index is 0.917. The SMILES string of the molecule is NC(CCCCNC(=O)OCC1c2ccccc2-c2ccccc21)C(=O)N1CSCC1C(=O)NC1CCCc2ccccc21. The summed E-state index contributed by atoms with van der Waals surface area (Å²) in [5.74, 6) is 0.760. The van der Waals surface area contributed by atoms with Crippen molar-refractivity contribution in [3.8, 4) is 11.1 Å². The average molecular weight is 613 g/mol. The summed E-state index contributed by atoms with van der Waals surface area (Å²) in [5.41, 5.74) is 13.5. The van der Waals surface area contributed by atoms with Crippen molar-refractivity contribution in [3.63, 3.8) is 0 Å². The first-order valence-electron chi connectivity index (χ1n) is 15.6. The number of hydrogen-bond donors (Lipinski definition) is 3. The third-order valence-corrected chi connectivity index (χ3v) is 10.0. The topological polar surface area (TPSA) is 114 Å². The summed E-state index contributed by atoms with van der Waals surface area (Å²) in [5, 5.41) is 6.04. The van der Waals surface area contributed by atoms with E-state index < -0.39 is 18.2 Å². The maximum Gasteiger partial charge on any atom is 0.407 e. The number of rotatable bonds is 10. The summed E-state index contributed by atoms with van der Waals surface area (Å²) in [7, 11) is 0. The fourth-order valence-electron chi connectivity index (χ4n) is 6.71. The van der Waals surface area contributed by atoms with Crippen LogP contribution in [0.15, 0.2) is 72.8 Å². The molecule has 0 spiro atoms. The minimum Gasteiger partial charge on any atom is -0.449 e. The minimum absolute atomic E-state index is 0.0188. The lowest BCUT2D eigenvalue weighted by Crippen LogP contribution is -2.52. The summed E-state index contributed by atoms with van der Waals surface area (Å²) in [4.78, 5) is 40.6. The van der Waals surface area contributed by atoms with E-state index in [2.05, 4.69) is 47.0 Å². The molecule has 3 amide bonds. The predicted octanol–water partition coefficient (Wildman–Crippen LogP) is 5.12. The molecule has 1 heterocycles. The second kappa shape index (κ2) is 13.9. The fraction of sp³-hybridized carbons (Fsp3) is 0.400. The van der Waals surface area contributed by atoms with E-state index in [1.54, 1.807) is 16.7 Å². The smallest absolute Gasteiger partial charge is 0.407 e. The van der Waals surface area contributed by atoms with Gasteiger partial charge in [0.1, 0.15) is 12.6 Å². The van der Waals surface area contributed by atoms with Crippen LogP contribution in [0.2, 0.25) is 0 Å². The van der Waals surface area contributed by atoms with Gasteiger partial charge in [-0.3, -0.25) is 9.59 Å². The zero-order valence-electron chi connectivity index (χ0n) is 24.9. The zero-order valence-corrected chi connectivity index (χ0v) is 25.7. The molecule has 4 N–H and O–H groups in total.